The summed E-state index contributed by atoms with van der Waals surface area (Å²) < 4.78 is 5.44. The minimum Gasteiger partial charge on any atom is -0.456 e. The van der Waals surface area contributed by atoms with Gasteiger partial charge in [0.05, 0.1) is 6.42 Å². The highest BCUT2D eigenvalue weighted by Gasteiger charge is 2.32. The molecule has 6 N–H and O–H groups in total. The molecule has 202 valence electrons. The van der Waals surface area contributed by atoms with E-state index in [-0.39, 0.29) is 18.1 Å². The molecule has 4 amide bonds. The van der Waals surface area contributed by atoms with E-state index in [1.165, 1.54) is 21.6 Å². The van der Waals surface area contributed by atoms with Crippen molar-refractivity contribution in [2.24, 2.45) is 11.7 Å². The predicted octanol–water partition coefficient (Wildman–Crippen LogP) is -0.00120. The van der Waals surface area contributed by atoms with Crippen LogP contribution in [-0.2, 0) is 28.7 Å². The fourth-order valence-electron chi connectivity index (χ4n) is 3.61. The third-order valence-electron chi connectivity index (χ3n) is 5.59. The first-order valence-corrected chi connectivity index (χ1v) is 14.7. The molecule has 2 rings (SSSR count). The van der Waals surface area contributed by atoms with Crippen molar-refractivity contribution in [3.63, 3.8) is 0 Å². The van der Waals surface area contributed by atoms with Crippen molar-refractivity contribution >= 4 is 51.2 Å². The third kappa shape index (κ3) is 10.4. The van der Waals surface area contributed by atoms with Crippen LogP contribution in [0.3, 0.4) is 0 Å². The van der Waals surface area contributed by atoms with E-state index in [9.17, 15) is 24.0 Å². The van der Waals surface area contributed by atoms with Crippen LogP contribution >= 0.6 is 21.6 Å². The molecule has 0 aromatic rings. The van der Waals surface area contributed by atoms with Gasteiger partial charge in [-0.2, -0.15) is 0 Å². The number of carbonyl (C=O) groups is 5. The topological polar surface area (TPSA) is 169 Å². The third-order valence-corrected chi connectivity index (χ3v) is 8.04. The molecule has 0 unspecified atom stereocenters. The van der Waals surface area contributed by atoms with E-state index in [2.05, 4.69) is 21.3 Å². The molecule has 0 aromatic heterocycles. The fraction of sp³-hybridized carbons (Fsp3) is 0.696. The predicted molar refractivity (Wildman–Crippen MR) is 140 cm³/mol. The number of allylic oxidation sites excluding steroid dienone is 1. The summed E-state index contributed by atoms with van der Waals surface area (Å²) >= 11 is 0. The molecular formula is C23H37N5O6S2. The monoisotopic (exact) mass is 543 g/mol. The van der Waals surface area contributed by atoms with Crippen LogP contribution in [0.25, 0.3) is 0 Å². The fourth-order valence-corrected chi connectivity index (χ4v) is 5.77. The van der Waals surface area contributed by atoms with Crippen LogP contribution in [0.5, 0.6) is 0 Å². The summed E-state index contributed by atoms with van der Waals surface area (Å²) in [5.74, 6) is -2.03. The molecule has 1 saturated heterocycles. The molecule has 1 fully saturated rings. The maximum atomic E-state index is 13.2. The molecule has 13 heteroatoms. The Morgan fingerprint density at radius 2 is 1.81 bits per heavy atom. The number of unbranched alkanes of at least 4 members (excludes halogenated alkanes) is 1. The van der Waals surface area contributed by atoms with E-state index < -0.39 is 60.4 Å². The summed E-state index contributed by atoms with van der Waals surface area (Å²) in [6.45, 7) is 3.58. The minimum atomic E-state index is -0.927. The maximum Gasteiger partial charge on any atom is 0.326 e. The molecule has 0 aromatic carbocycles. The van der Waals surface area contributed by atoms with Crippen molar-refractivity contribution in [2.45, 2.75) is 70.2 Å². The summed E-state index contributed by atoms with van der Waals surface area (Å²) in [7, 11) is 2.97. The molecule has 36 heavy (non-hydrogen) atoms. The van der Waals surface area contributed by atoms with Crippen LogP contribution in [0.1, 0.15) is 46.0 Å². The largest absolute Gasteiger partial charge is 0.456 e. The van der Waals surface area contributed by atoms with Crippen LogP contribution < -0.4 is 27.0 Å². The molecule has 2 aliphatic rings. The molecule has 11 nitrogen and oxygen atoms in total. The molecule has 0 aliphatic carbocycles. The lowest BCUT2D eigenvalue weighted by atomic mass is 10.0. The van der Waals surface area contributed by atoms with E-state index in [1.807, 2.05) is 6.08 Å². The van der Waals surface area contributed by atoms with Gasteiger partial charge in [-0.3, -0.25) is 24.0 Å². The van der Waals surface area contributed by atoms with Crippen molar-refractivity contribution in [1.82, 2.24) is 21.3 Å². The highest BCUT2D eigenvalue weighted by atomic mass is 33.1. The van der Waals surface area contributed by atoms with E-state index in [0.717, 1.165) is 0 Å². The van der Waals surface area contributed by atoms with Gasteiger partial charge in [0.25, 0.3) is 0 Å². The Morgan fingerprint density at radius 1 is 1.03 bits per heavy atom. The lowest BCUT2D eigenvalue weighted by Gasteiger charge is -2.27. The van der Waals surface area contributed by atoms with Gasteiger partial charge in [0.15, 0.2) is 0 Å². The van der Waals surface area contributed by atoms with Crippen molar-refractivity contribution in [2.75, 3.05) is 24.6 Å². The Bertz CT molecular complexity index is 825. The number of carbonyl (C=O) groups excluding carboxylic acids is 5. The van der Waals surface area contributed by atoms with Crippen LogP contribution in [0.15, 0.2) is 12.2 Å². The highest BCUT2D eigenvalue weighted by molar-refractivity contribution is 8.76. The number of rotatable bonds is 5. The SMILES string of the molecule is CC(C)[C@H]1NC(=O)[C@H]2CSSCC/C=C/[C@H](CC(=O)N[C@H](CCCCN)C(=O)N2)OC(=O)CNC1=O. The number of ether oxygens (including phenoxy) is 1. The van der Waals surface area contributed by atoms with Crippen molar-refractivity contribution in [3.8, 4) is 0 Å². The molecular weight excluding hydrogens is 506 g/mol. The zero-order valence-corrected chi connectivity index (χ0v) is 22.4. The number of amides is 4. The van der Waals surface area contributed by atoms with Crippen LogP contribution in [0.4, 0.5) is 0 Å². The zero-order chi connectivity index (χ0) is 26.5. The summed E-state index contributed by atoms with van der Waals surface area (Å²) in [6, 6.07) is -2.73. The standard InChI is InChI=1S/C23H37N5O6S2/c1-14(2)20-23(33)25-12-19(30)34-15-7-4-6-10-35-36-13-17(22(32)28-20)27-21(31)16(8-3-5-9-24)26-18(29)11-15/h4,7,14-17,20H,3,5-6,8-13,24H2,1-2H3,(H,25,33)(H,26,29)(H,27,31)(H,28,32)/b7-4+/t15-,16-,17-,20-/m1/s1. The smallest absolute Gasteiger partial charge is 0.326 e. The average Bonchev–Trinajstić information content (AvgIpc) is 2.82. The normalized spacial score (nSPS) is 28.3. The number of esters is 1. The van der Waals surface area contributed by atoms with Gasteiger partial charge in [-0.15, -0.1) is 0 Å². The number of hydrogen-bond donors (Lipinski definition) is 5. The second kappa shape index (κ2) is 15.8. The zero-order valence-electron chi connectivity index (χ0n) is 20.7. The Morgan fingerprint density at radius 3 is 2.53 bits per heavy atom. The summed E-state index contributed by atoms with van der Waals surface area (Å²) in [4.78, 5) is 64.4. The van der Waals surface area contributed by atoms with Crippen LogP contribution in [0.2, 0.25) is 0 Å². The van der Waals surface area contributed by atoms with E-state index in [0.29, 0.717) is 38.0 Å². The van der Waals surface area contributed by atoms with Gasteiger partial charge in [0.2, 0.25) is 23.6 Å². The van der Waals surface area contributed by atoms with Gasteiger partial charge >= 0.3 is 5.97 Å². The Kier molecular flexibility index (Phi) is 13.1. The van der Waals surface area contributed by atoms with Gasteiger partial charge in [0, 0.05) is 11.5 Å². The lowest BCUT2D eigenvalue weighted by molar-refractivity contribution is -0.148. The first kappa shape index (κ1) is 30.0. The van der Waals surface area contributed by atoms with Gasteiger partial charge in [-0.25, -0.2) is 0 Å². The second-order valence-corrected chi connectivity index (χ2v) is 11.6. The Labute approximate surface area is 219 Å². The van der Waals surface area contributed by atoms with Gasteiger partial charge in [-0.1, -0.05) is 41.5 Å². The first-order chi connectivity index (χ1) is 17.2. The van der Waals surface area contributed by atoms with Crippen molar-refractivity contribution < 1.29 is 28.7 Å². The summed E-state index contributed by atoms with van der Waals surface area (Å²) in [5, 5.41) is 10.7. The highest BCUT2D eigenvalue weighted by Crippen LogP contribution is 2.23. The molecule has 2 bridgehead atoms. The maximum absolute atomic E-state index is 13.2. The van der Waals surface area contributed by atoms with E-state index in [4.69, 9.17) is 10.5 Å². The van der Waals surface area contributed by atoms with E-state index >= 15 is 0 Å². The molecule has 0 saturated carbocycles. The molecule has 0 radical (unpaired) electrons. The lowest BCUT2D eigenvalue weighted by Crippen LogP contribution is -2.59. The second-order valence-electron chi connectivity index (χ2n) is 8.97. The Balaban J connectivity index is 2.42. The minimum absolute atomic E-state index is 0.183. The number of fused-ring (bicyclic) bond motifs is 7. The molecule has 2 heterocycles. The van der Waals surface area contributed by atoms with Crippen molar-refractivity contribution in [3.05, 3.63) is 12.2 Å². The van der Waals surface area contributed by atoms with Gasteiger partial charge in [0.1, 0.15) is 30.8 Å². The average molecular weight is 544 g/mol. The van der Waals surface area contributed by atoms with Gasteiger partial charge < -0.3 is 31.7 Å². The summed E-state index contributed by atoms with van der Waals surface area (Å²) in [5.41, 5.74) is 5.58. The molecule has 4 atom stereocenters. The molecule has 0 spiro atoms. The van der Waals surface area contributed by atoms with E-state index in [1.54, 1.807) is 19.9 Å². The number of hydrogen-bond acceptors (Lipinski definition) is 9. The molecule has 2 aliphatic heterocycles. The van der Waals surface area contributed by atoms with Crippen LogP contribution in [-0.4, -0.2) is 78.4 Å². The summed E-state index contributed by atoms with van der Waals surface area (Å²) in [6.07, 6.45) is 4.71. The first-order valence-electron chi connectivity index (χ1n) is 12.2. The number of nitrogens with one attached hydrogen (secondary N) is 4. The number of nitrogens with two attached hydrogens (primary N) is 1. The van der Waals surface area contributed by atoms with Gasteiger partial charge in [-0.05, 0) is 44.2 Å². The quantitative estimate of drug-likeness (QED) is 0.139. The van der Waals surface area contributed by atoms with Crippen LogP contribution in [0, 0.1) is 5.92 Å². The Hall–Kier alpha value is -2.25. The van der Waals surface area contributed by atoms with Crippen molar-refractivity contribution in [1.29, 1.82) is 0 Å².